The van der Waals surface area contributed by atoms with E-state index in [1.54, 1.807) is 0 Å². The highest BCUT2D eigenvalue weighted by Crippen LogP contribution is 2.12. The predicted octanol–water partition coefficient (Wildman–Crippen LogP) is 0.785. The Balaban J connectivity index is 2.37. The average Bonchev–Trinajstić information content (AvgIpc) is 2.31. The first-order valence-corrected chi connectivity index (χ1v) is 5.67. The van der Waals surface area contributed by atoms with E-state index in [0.717, 1.165) is 32.6 Å². The van der Waals surface area contributed by atoms with Crippen LogP contribution in [0.3, 0.4) is 0 Å². The fourth-order valence-electron chi connectivity index (χ4n) is 1.85. The van der Waals surface area contributed by atoms with Gasteiger partial charge in [0.25, 0.3) is 0 Å². The molecule has 0 bridgehead atoms. The van der Waals surface area contributed by atoms with Crippen molar-refractivity contribution < 1.29 is 5.11 Å². The fourth-order valence-corrected chi connectivity index (χ4v) is 1.85. The second kappa shape index (κ2) is 5.10. The third kappa shape index (κ3) is 3.95. The molecular formula is C11H24N2O. The summed E-state index contributed by atoms with van der Waals surface area (Å²) in [5.74, 6) is 0. The van der Waals surface area contributed by atoms with Crippen molar-refractivity contribution in [2.24, 2.45) is 0 Å². The molecule has 14 heavy (non-hydrogen) atoms. The van der Waals surface area contributed by atoms with Crippen LogP contribution in [0.4, 0.5) is 0 Å². The molecule has 1 rings (SSSR count). The molecule has 1 saturated heterocycles. The summed E-state index contributed by atoms with van der Waals surface area (Å²) in [6.45, 7) is 9.32. The van der Waals surface area contributed by atoms with Gasteiger partial charge in [-0.05, 0) is 39.9 Å². The van der Waals surface area contributed by atoms with E-state index in [-0.39, 0.29) is 0 Å². The van der Waals surface area contributed by atoms with E-state index in [1.165, 1.54) is 13.0 Å². The number of rotatable bonds is 3. The van der Waals surface area contributed by atoms with Gasteiger partial charge in [0.2, 0.25) is 0 Å². The second-order valence-electron chi connectivity index (χ2n) is 4.78. The molecule has 3 nitrogen and oxygen atoms in total. The van der Waals surface area contributed by atoms with Crippen LogP contribution in [0, 0.1) is 0 Å². The maximum absolute atomic E-state index is 9.98. The van der Waals surface area contributed by atoms with E-state index in [0.29, 0.717) is 0 Å². The largest absolute Gasteiger partial charge is 0.389 e. The minimum absolute atomic E-state index is 0.511. The van der Waals surface area contributed by atoms with Gasteiger partial charge < -0.3 is 10.0 Å². The first-order valence-electron chi connectivity index (χ1n) is 5.67. The molecular weight excluding hydrogens is 176 g/mol. The van der Waals surface area contributed by atoms with Crippen molar-refractivity contribution in [2.45, 2.75) is 32.3 Å². The monoisotopic (exact) mass is 200 g/mol. The minimum Gasteiger partial charge on any atom is -0.389 e. The molecule has 1 N–H and O–H groups in total. The van der Waals surface area contributed by atoms with E-state index in [9.17, 15) is 5.11 Å². The molecule has 0 aliphatic carbocycles. The highest BCUT2D eigenvalue weighted by molar-refractivity contribution is 4.78. The van der Waals surface area contributed by atoms with Gasteiger partial charge in [0.1, 0.15) is 0 Å². The van der Waals surface area contributed by atoms with Crippen molar-refractivity contribution in [3.05, 3.63) is 0 Å². The Hall–Kier alpha value is -0.120. The van der Waals surface area contributed by atoms with E-state index < -0.39 is 5.60 Å². The average molecular weight is 200 g/mol. The number of hydrogen-bond donors (Lipinski definition) is 1. The first kappa shape index (κ1) is 12.0. The Labute approximate surface area is 87.7 Å². The first-order chi connectivity index (χ1) is 6.53. The molecule has 1 unspecified atom stereocenters. The molecule has 1 atom stereocenters. The van der Waals surface area contributed by atoms with E-state index in [1.807, 2.05) is 13.8 Å². The standard InChI is InChI=1S/C11H24N2O/c1-4-11(2,14)10-13-7-5-6-12(3)8-9-13/h14H,4-10H2,1-3H3. The lowest BCUT2D eigenvalue weighted by Crippen LogP contribution is -2.41. The van der Waals surface area contributed by atoms with E-state index in [2.05, 4.69) is 16.8 Å². The van der Waals surface area contributed by atoms with E-state index >= 15 is 0 Å². The normalized spacial score (nSPS) is 25.7. The molecule has 0 saturated carbocycles. The molecule has 84 valence electrons. The van der Waals surface area contributed by atoms with Gasteiger partial charge in [-0.15, -0.1) is 0 Å². The summed E-state index contributed by atoms with van der Waals surface area (Å²) in [5, 5.41) is 9.98. The Morgan fingerprint density at radius 1 is 1.21 bits per heavy atom. The van der Waals surface area contributed by atoms with Crippen LogP contribution >= 0.6 is 0 Å². The van der Waals surface area contributed by atoms with Crippen molar-refractivity contribution >= 4 is 0 Å². The van der Waals surface area contributed by atoms with Crippen molar-refractivity contribution in [2.75, 3.05) is 39.8 Å². The van der Waals surface area contributed by atoms with Crippen LogP contribution in [0.15, 0.2) is 0 Å². The lowest BCUT2D eigenvalue weighted by Gasteiger charge is -2.29. The summed E-state index contributed by atoms with van der Waals surface area (Å²) < 4.78 is 0. The van der Waals surface area contributed by atoms with E-state index in [4.69, 9.17) is 0 Å². The molecule has 1 aliphatic rings. The lowest BCUT2D eigenvalue weighted by molar-refractivity contribution is 0.0177. The van der Waals surface area contributed by atoms with Crippen molar-refractivity contribution in [3.63, 3.8) is 0 Å². The quantitative estimate of drug-likeness (QED) is 0.729. The topological polar surface area (TPSA) is 26.7 Å². The molecule has 1 fully saturated rings. The molecule has 1 heterocycles. The molecule has 0 aromatic heterocycles. The third-order valence-corrected chi connectivity index (χ3v) is 3.14. The molecule has 3 heteroatoms. The molecule has 0 spiro atoms. The SMILES string of the molecule is CCC(C)(O)CN1CCCN(C)CC1. The number of β-amino-alcohol motifs (C(OH)–C–C–N with tert-alkyl or cyclic N) is 1. The van der Waals surface area contributed by atoms with Crippen LogP contribution in [0.2, 0.25) is 0 Å². The summed E-state index contributed by atoms with van der Waals surface area (Å²) in [6.07, 6.45) is 2.05. The fraction of sp³-hybridized carbons (Fsp3) is 1.00. The zero-order chi connectivity index (χ0) is 10.6. The smallest absolute Gasteiger partial charge is 0.0743 e. The maximum atomic E-state index is 9.98. The van der Waals surface area contributed by atoms with Crippen molar-refractivity contribution in [1.29, 1.82) is 0 Å². The van der Waals surface area contributed by atoms with Gasteiger partial charge in [0, 0.05) is 19.6 Å². The molecule has 0 amide bonds. The highest BCUT2D eigenvalue weighted by atomic mass is 16.3. The van der Waals surface area contributed by atoms with Crippen LogP contribution in [-0.4, -0.2) is 60.3 Å². The predicted molar refractivity (Wildman–Crippen MR) is 59.5 cm³/mol. The van der Waals surface area contributed by atoms with Crippen LogP contribution < -0.4 is 0 Å². The molecule has 0 radical (unpaired) electrons. The molecule has 1 aliphatic heterocycles. The van der Waals surface area contributed by atoms with Gasteiger partial charge in [-0.1, -0.05) is 6.92 Å². The second-order valence-corrected chi connectivity index (χ2v) is 4.78. The number of likely N-dealkylation sites (N-methyl/N-ethyl adjacent to an activating group) is 1. The Morgan fingerprint density at radius 3 is 2.57 bits per heavy atom. The van der Waals surface area contributed by atoms with Crippen LogP contribution in [0.5, 0.6) is 0 Å². The van der Waals surface area contributed by atoms with Crippen molar-refractivity contribution in [3.8, 4) is 0 Å². The van der Waals surface area contributed by atoms with Gasteiger partial charge in [0.05, 0.1) is 5.60 Å². The van der Waals surface area contributed by atoms with Crippen LogP contribution in [0.25, 0.3) is 0 Å². The summed E-state index contributed by atoms with van der Waals surface area (Å²) in [4.78, 5) is 4.74. The van der Waals surface area contributed by atoms with Gasteiger partial charge >= 0.3 is 0 Å². The van der Waals surface area contributed by atoms with Crippen LogP contribution in [0.1, 0.15) is 26.7 Å². The number of hydrogen-bond acceptors (Lipinski definition) is 3. The van der Waals surface area contributed by atoms with Crippen molar-refractivity contribution in [1.82, 2.24) is 9.80 Å². The third-order valence-electron chi connectivity index (χ3n) is 3.14. The lowest BCUT2D eigenvalue weighted by atomic mass is 10.0. The minimum atomic E-state index is -0.511. The number of aliphatic hydroxyl groups is 1. The zero-order valence-corrected chi connectivity index (χ0v) is 9.79. The van der Waals surface area contributed by atoms with Gasteiger partial charge in [-0.3, -0.25) is 4.90 Å². The zero-order valence-electron chi connectivity index (χ0n) is 9.79. The summed E-state index contributed by atoms with van der Waals surface area (Å²) in [6, 6.07) is 0. The van der Waals surface area contributed by atoms with Crippen LogP contribution in [-0.2, 0) is 0 Å². The summed E-state index contributed by atoms with van der Waals surface area (Å²) >= 11 is 0. The Bertz CT molecular complexity index is 171. The van der Waals surface area contributed by atoms with Gasteiger partial charge in [0.15, 0.2) is 0 Å². The maximum Gasteiger partial charge on any atom is 0.0743 e. The summed E-state index contributed by atoms with van der Waals surface area (Å²) in [7, 11) is 2.17. The van der Waals surface area contributed by atoms with Gasteiger partial charge in [-0.25, -0.2) is 0 Å². The molecule has 0 aromatic carbocycles. The summed E-state index contributed by atoms with van der Waals surface area (Å²) in [5.41, 5.74) is -0.511. The number of nitrogens with zero attached hydrogens (tertiary/aromatic N) is 2. The van der Waals surface area contributed by atoms with Gasteiger partial charge in [-0.2, -0.15) is 0 Å². The Morgan fingerprint density at radius 2 is 1.93 bits per heavy atom. The molecule has 0 aromatic rings. The highest BCUT2D eigenvalue weighted by Gasteiger charge is 2.22. The Kier molecular flexibility index (Phi) is 4.35.